The Bertz CT molecular complexity index is 405. The lowest BCUT2D eigenvalue weighted by Crippen LogP contribution is -2.20. The zero-order chi connectivity index (χ0) is 13.1. The molecular formula is C15H21NO2. The summed E-state index contributed by atoms with van der Waals surface area (Å²) in [5.74, 6) is 0.506. The molecule has 3 heteroatoms. The third-order valence-electron chi connectivity index (χ3n) is 4.05. The molecule has 3 N–H and O–H groups in total. The Hall–Kier alpha value is -1.35. The van der Waals surface area contributed by atoms with Crippen molar-refractivity contribution in [1.29, 1.82) is 0 Å². The maximum absolute atomic E-state index is 10.8. The molecule has 1 unspecified atom stereocenters. The first-order valence-corrected chi connectivity index (χ1v) is 6.66. The molecule has 3 nitrogen and oxygen atoms in total. The van der Waals surface area contributed by atoms with Gasteiger partial charge in [-0.3, -0.25) is 4.79 Å². The number of benzene rings is 1. The number of carboxylic acid groups (broad SMARTS) is 1. The van der Waals surface area contributed by atoms with E-state index in [2.05, 4.69) is 6.92 Å². The zero-order valence-electron chi connectivity index (χ0n) is 10.8. The fraction of sp³-hybridized carbons (Fsp3) is 0.533. The van der Waals surface area contributed by atoms with E-state index < -0.39 is 12.0 Å². The summed E-state index contributed by atoms with van der Waals surface area (Å²) < 4.78 is 0. The van der Waals surface area contributed by atoms with Crippen molar-refractivity contribution in [2.75, 3.05) is 0 Å². The molecule has 1 aliphatic carbocycles. The van der Waals surface area contributed by atoms with Crippen LogP contribution in [-0.4, -0.2) is 11.1 Å². The van der Waals surface area contributed by atoms with E-state index in [9.17, 15) is 4.79 Å². The highest BCUT2D eigenvalue weighted by atomic mass is 16.4. The molecule has 1 aromatic rings. The minimum atomic E-state index is -0.978. The van der Waals surface area contributed by atoms with Gasteiger partial charge in [-0.05, 0) is 35.8 Å². The van der Waals surface area contributed by atoms with E-state index in [1.54, 1.807) is 0 Å². The monoisotopic (exact) mass is 247 g/mol. The third-order valence-corrected chi connectivity index (χ3v) is 4.05. The number of hydrogen-bond donors (Lipinski definition) is 2. The van der Waals surface area contributed by atoms with Crippen molar-refractivity contribution >= 4 is 5.97 Å². The van der Waals surface area contributed by atoms with Gasteiger partial charge in [-0.1, -0.05) is 44.0 Å². The molecule has 1 aromatic carbocycles. The number of nitrogens with two attached hydrogens (primary N) is 1. The van der Waals surface area contributed by atoms with Crippen molar-refractivity contribution in [3.63, 3.8) is 0 Å². The van der Waals surface area contributed by atoms with Gasteiger partial charge in [-0.15, -0.1) is 0 Å². The Kier molecular flexibility index (Phi) is 4.02. The van der Waals surface area contributed by atoms with Crippen LogP contribution in [0, 0.1) is 5.92 Å². The largest absolute Gasteiger partial charge is 0.480 e. The van der Waals surface area contributed by atoms with E-state index in [4.69, 9.17) is 10.8 Å². The molecule has 1 aliphatic rings. The van der Waals surface area contributed by atoms with Crippen LogP contribution in [0.25, 0.3) is 0 Å². The molecule has 0 radical (unpaired) electrons. The van der Waals surface area contributed by atoms with Crippen LogP contribution < -0.4 is 5.73 Å². The summed E-state index contributed by atoms with van der Waals surface area (Å²) in [6.45, 7) is 2.31. The van der Waals surface area contributed by atoms with Gasteiger partial charge in [0.15, 0.2) is 0 Å². The lowest BCUT2D eigenvalue weighted by molar-refractivity contribution is -0.138. The van der Waals surface area contributed by atoms with E-state index >= 15 is 0 Å². The Morgan fingerprint density at radius 3 is 2.28 bits per heavy atom. The van der Waals surface area contributed by atoms with E-state index in [1.165, 1.54) is 31.2 Å². The fourth-order valence-electron chi connectivity index (χ4n) is 2.71. The molecular weight excluding hydrogens is 226 g/mol. The van der Waals surface area contributed by atoms with Gasteiger partial charge in [0.25, 0.3) is 0 Å². The maximum Gasteiger partial charge on any atom is 0.325 e. The predicted molar refractivity (Wildman–Crippen MR) is 71.4 cm³/mol. The number of rotatable bonds is 3. The van der Waals surface area contributed by atoms with Crippen molar-refractivity contribution in [1.82, 2.24) is 0 Å². The summed E-state index contributed by atoms with van der Waals surface area (Å²) in [7, 11) is 0. The first kappa shape index (κ1) is 13.1. The van der Waals surface area contributed by atoms with Crippen LogP contribution in [0.1, 0.15) is 55.7 Å². The van der Waals surface area contributed by atoms with Crippen molar-refractivity contribution in [3.8, 4) is 0 Å². The van der Waals surface area contributed by atoms with Gasteiger partial charge in [0, 0.05) is 0 Å². The highest BCUT2D eigenvalue weighted by Gasteiger charge is 2.20. The summed E-state index contributed by atoms with van der Waals surface area (Å²) in [5.41, 5.74) is 7.58. The van der Waals surface area contributed by atoms with Crippen molar-refractivity contribution in [2.24, 2.45) is 11.7 Å². The molecule has 98 valence electrons. The van der Waals surface area contributed by atoms with Gasteiger partial charge in [-0.25, -0.2) is 0 Å². The lowest BCUT2D eigenvalue weighted by Gasteiger charge is -2.26. The molecule has 0 bridgehead atoms. The number of aliphatic carboxylic acids is 1. The second kappa shape index (κ2) is 5.53. The normalized spacial score (nSPS) is 25.7. The van der Waals surface area contributed by atoms with Crippen LogP contribution in [0.2, 0.25) is 0 Å². The van der Waals surface area contributed by atoms with Crippen molar-refractivity contribution in [2.45, 2.75) is 44.6 Å². The molecule has 2 rings (SSSR count). The Morgan fingerprint density at radius 2 is 1.78 bits per heavy atom. The molecule has 0 aromatic heterocycles. The van der Waals surface area contributed by atoms with E-state index in [-0.39, 0.29) is 0 Å². The smallest absolute Gasteiger partial charge is 0.325 e. The van der Waals surface area contributed by atoms with E-state index in [0.29, 0.717) is 11.5 Å². The average Bonchev–Trinajstić information content (AvgIpc) is 2.39. The molecule has 1 fully saturated rings. The number of carboxylic acids is 1. The highest BCUT2D eigenvalue weighted by Crippen LogP contribution is 2.35. The fourth-order valence-corrected chi connectivity index (χ4v) is 2.71. The Balaban J connectivity index is 2.06. The molecule has 0 amide bonds. The minimum absolute atomic E-state index is 0.635. The highest BCUT2D eigenvalue weighted by molar-refractivity contribution is 5.75. The molecule has 1 saturated carbocycles. The van der Waals surface area contributed by atoms with Crippen LogP contribution in [0.4, 0.5) is 0 Å². The maximum atomic E-state index is 10.8. The van der Waals surface area contributed by atoms with Gasteiger partial charge < -0.3 is 10.8 Å². The molecule has 1 atom stereocenters. The van der Waals surface area contributed by atoms with Gasteiger partial charge in [-0.2, -0.15) is 0 Å². The second-order valence-electron chi connectivity index (χ2n) is 5.44. The van der Waals surface area contributed by atoms with Gasteiger partial charge in [0.05, 0.1) is 0 Å². The molecule has 0 spiro atoms. The minimum Gasteiger partial charge on any atom is -0.480 e. The topological polar surface area (TPSA) is 63.3 Å². The van der Waals surface area contributed by atoms with Crippen molar-refractivity contribution < 1.29 is 9.90 Å². The van der Waals surface area contributed by atoms with Crippen LogP contribution in [0.15, 0.2) is 24.3 Å². The average molecular weight is 247 g/mol. The molecule has 18 heavy (non-hydrogen) atoms. The SMILES string of the molecule is CC1CCC(c2ccc(C(N)C(=O)O)cc2)CC1. The van der Waals surface area contributed by atoms with E-state index in [1.807, 2.05) is 24.3 Å². The van der Waals surface area contributed by atoms with Crippen molar-refractivity contribution in [3.05, 3.63) is 35.4 Å². The number of carbonyl (C=O) groups is 1. The van der Waals surface area contributed by atoms with Crippen LogP contribution >= 0.6 is 0 Å². The summed E-state index contributed by atoms with van der Waals surface area (Å²) in [6.07, 6.45) is 5.07. The summed E-state index contributed by atoms with van der Waals surface area (Å²) in [6, 6.07) is 6.88. The van der Waals surface area contributed by atoms with Gasteiger partial charge >= 0.3 is 5.97 Å². The number of hydrogen-bond acceptors (Lipinski definition) is 2. The van der Waals surface area contributed by atoms with E-state index in [0.717, 1.165) is 5.92 Å². The Morgan fingerprint density at radius 1 is 1.22 bits per heavy atom. The Labute approximate surface area is 108 Å². The van der Waals surface area contributed by atoms with Gasteiger partial charge in [0.1, 0.15) is 6.04 Å². The first-order chi connectivity index (χ1) is 8.58. The summed E-state index contributed by atoms with van der Waals surface area (Å²) in [5, 5.41) is 8.86. The molecule has 0 aliphatic heterocycles. The van der Waals surface area contributed by atoms with Crippen LogP contribution in [0.5, 0.6) is 0 Å². The summed E-state index contributed by atoms with van der Waals surface area (Å²) in [4.78, 5) is 10.8. The lowest BCUT2D eigenvalue weighted by atomic mass is 9.79. The van der Waals surface area contributed by atoms with Crippen LogP contribution in [-0.2, 0) is 4.79 Å². The van der Waals surface area contributed by atoms with Crippen LogP contribution in [0.3, 0.4) is 0 Å². The third kappa shape index (κ3) is 2.91. The summed E-state index contributed by atoms with van der Waals surface area (Å²) >= 11 is 0. The zero-order valence-corrected chi connectivity index (χ0v) is 10.8. The second-order valence-corrected chi connectivity index (χ2v) is 5.44. The quantitative estimate of drug-likeness (QED) is 0.862. The first-order valence-electron chi connectivity index (χ1n) is 6.66. The predicted octanol–water partition coefficient (Wildman–Crippen LogP) is 3.06. The molecule has 0 heterocycles. The van der Waals surface area contributed by atoms with Gasteiger partial charge in [0.2, 0.25) is 0 Å². The molecule has 0 saturated heterocycles. The standard InChI is InChI=1S/C15H21NO2/c1-10-2-4-11(5-3-10)12-6-8-13(9-7-12)14(16)15(17)18/h6-11,14H,2-5,16H2,1H3,(H,17,18).